The molecule has 5 rings (SSSR count). The quantitative estimate of drug-likeness (QED) is 0.804. The van der Waals surface area contributed by atoms with Gasteiger partial charge in [0.15, 0.2) is 5.65 Å². The van der Waals surface area contributed by atoms with Gasteiger partial charge in [0.25, 0.3) is 5.92 Å². The average Bonchev–Trinajstić information content (AvgIpc) is 3.59. The molecule has 0 unspecified atom stereocenters. The van der Waals surface area contributed by atoms with Crippen molar-refractivity contribution in [2.24, 2.45) is 11.8 Å². The Kier molecular flexibility index (Phi) is 4.29. The number of fused-ring (bicyclic) bond motifs is 1. The van der Waals surface area contributed by atoms with E-state index in [9.17, 15) is 18.4 Å². The standard InChI is InChI=1S/C20H23F2N5O2/c21-20(22)10-14(20)18(29)23-13-8-6-11(7-9-13)15-2-1-3-16-24-19(26-27(15)16)25-17(28)12-4-5-12/h1-3,11-14H,4-10H2,(H,23,29)(H,25,26,28)/t11?,13?,14-/m0/s1. The van der Waals surface area contributed by atoms with Crippen molar-refractivity contribution in [3.8, 4) is 0 Å². The van der Waals surface area contributed by atoms with Crippen molar-refractivity contribution in [1.82, 2.24) is 19.9 Å². The molecule has 3 fully saturated rings. The first-order chi connectivity index (χ1) is 13.9. The summed E-state index contributed by atoms with van der Waals surface area (Å²) in [7, 11) is 0. The molecule has 29 heavy (non-hydrogen) atoms. The number of nitrogens with one attached hydrogen (secondary N) is 2. The van der Waals surface area contributed by atoms with Crippen LogP contribution < -0.4 is 10.6 Å². The summed E-state index contributed by atoms with van der Waals surface area (Å²) in [6, 6.07) is 5.72. The van der Waals surface area contributed by atoms with Crippen LogP contribution in [0, 0.1) is 11.8 Å². The lowest BCUT2D eigenvalue weighted by molar-refractivity contribution is -0.125. The third kappa shape index (κ3) is 3.70. The van der Waals surface area contributed by atoms with Crippen LogP contribution in [0.5, 0.6) is 0 Å². The van der Waals surface area contributed by atoms with Gasteiger partial charge in [-0.25, -0.2) is 13.3 Å². The Morgan fingerprint density at radius 1 is 1.07 bits per heavy atom. The third-order valence-electron chi connectivity index (χ3n) is 6.21. The first-order valence-electron chi connectivity index (χ1n) is 10.3. The molecule has 0 spiro atoms. The number of anilines is 1. The predicted octanol–water partition coefficient (Wildman–Crippen LogP) is 2.88. The number of hydrogen-bond donors (Lipinski definition) is 2. The Hall–Kier alpha value is -2.58. The third-order valence-corrected chi connectivity index (χ3v) is 6.21. The van der Waals surface area contributed by atoms with Gasteiger partial charge in [-0.2, -0.15) is 4.98 Å². The van der Waals surface area contributed by atoms with E-state index in [1.807, 2.05) is 18.2 Å². The molecule has 0 aromatic carbocycles. The van der Waals surface area contributed by atoms with Gasteiger partial charge in [-0.3, -0.25) is 14.9 Å². The number of aromatic nitrogens is 3. The van der Waals surface area contributed by atoms with Gasteiger partial charge in [0.1, 0.15) is 5.92 Å². The molecule has 0 bridgehead atoms. The topological polar surface area (TPSA) is 88.4 Å². The fourth-order valence-corrected chi connectivity index (χ4v) is 4.18. The maximum absolute atomic E-state index is 13.1. The minimum Gasteiger partial charge on any atom is -0.353 e. The molecule has 1 atom stereocenters. The molecule has 3 aliphatic carbocycles. The fraction of sp³-hybridized carbons (Fsp3) is 0.600. The van der Waals surface area contributed by atoms with Gasteiger partial charge in [-0.05, 0) is 50.7 Å². The van der Waals surface area contributed by atoms with Crippen molar-refractivity contribution in [3.63, 3.8) is 0 Å². The summed E-state index contributed by atoms with van der Waals surface area (Å²) >= 11 is 0. The minimum atomic E-state index is -2.82. The summed E-state index contributed by atoms with van der Waals surface area (Å²) in [5.74, 6) is -3.87. The van der Waals surface area contributed by atoms with Crippen LogP contribution in [0.1, 0.15) is 56.6 Å². The monoisotopic (exact) mass is 403 g/mol. The Balaban J connectivity index is 1.24. The van der Waals surface area contributed by atoms with Gasteiger partial charge in [0, 0.05) is 30.0 Å². The summed E-state index contributed by atoms with van der Waals surface area (Å²) in [5.41, 5.74) is 1.69. The van der Waals surface area contributed by atoms with Crippen LogP contribution in [0.2, 0.25) is 0 Å². The van der Waals surface area contributed by atoms with Crippen molar-refractivity contribution < 1.29 is 18.4 Å². The molecule has 2 aromatic heterocycles. The van der Waals surface area contributed by atoms with Crippen LogP contribution in [0.4, 0.5) is 14.7 Å². The van der Waals surface area contributed by atoms with Crippen LogP contribution in [0.25, 0.3) is 5.65 Å². The number of carbonyl (C=O) groups excluding carboxylic acids is 2. The zero-order chi connectivity index (χ0) is 20.2. The first kappa shape index (κ1) is 18.4. The Morgan fingerprint density at radius 2 is 1.79 bits per heavy atom. The molecule has 154 valence electrons. The zero-order valence-electron chi connectivity index (χ0n) is 15.9. The Bertz CT molecular complexity index is 963. The second kappa shape index (κ2) is 6.74. The molecule has 9 heteroatoms. The summed E-state index contributed by atoms with van der Waals surface area (Å²) in [5, 5.41) is 10.0. The molecule has 7 nitrogen and oxygen atoms in total. The second-order valence-corrected chi connectivity index (χ2v) is 8.49. The molecule has 0 saturated heterocycles. The van der Waals surface area contributed by atoms with Crippen LogP contribution in [0.3, 0.4) is 0 Å². The summed E-state index contributed by atoms with van der Waals surface area (Å²) in [6.07, 6.45) is 4.65. The lowest BCUT2D eigenvalue weighted by Crippen LogP contribution is -2.39. The van der Waals surface area contributed by atoms with E-state index in [0.29, 0.717) is 11.6 Å². The van der Waals surface area contributed by atoms with Crippen molar-refractivity contribution in [2.45, 2.75) is 62.8 Å². The number of halogens is 2. The van der Waals surface area contributed by atoms with E-state index in [1.165, 1.54) is 0 Å². The van der Waals surface area contributed by atoms with E-state index in [1.54, 1.807) is 4.52 Å². The number of rotatable bonds is 5. The molecule has 2 N–H and O–H groups in total. The maximum atomic E-state index is 13.1. The fourth-order valence-electron chi connectivity index (χ4n) is 4.18. The largest absolute Gasteiger partial charge is 0.353 e. The Labute approximate surface area is 166 Å². The van der Waals surface area contributed by atoms with Crippen molar-refractivity contribution in [3.05, 3.63) is 23.9 Å². The highest BCUT2D eigenvalue weighted by Crippen LogP contribution is 2.48. The van der Waals surface area contributed by atoms with Crippen molar-refractivity contribution in [1.29, 1.82) is 0 Å². The highest BCUT2D eigenvalue weighted by atomic mass is 19.3. The van der Waals surface area contributed by atoms with E-state index >= 15 is 0 Å². The molecule has 3 saturated carbocycles. The minimum absolute atomic E-state index is 0.0278. The zero-order valence-corrected chi connectivity index (χ0v) is 15.9. The van der Waals surface area contributed by atoms with Gasteiger partial charge >= 0.3 is 0 Å². The van der Waals surface area contributed by atoms with Crippen LogP contribution in [-0.2, 0) is 9.59 Å². The van der Waals surface area contributed by atoms with Crippen molar-refractivity contribution >= 4 is 23.4 Å². The van der Waals surface area contributed by atoms with Crippen LogP contribution in [0.15, 0.2) is 18.2 Å². The highest BCUT2D eigenvalue weighted by molar-refractivity contribution is 5.92. The van der Waals surface area contributed by atoms with Gasteiger partial charge in [-0.15, -0.1) is 5.10 Å². The first-order valence-corrected chi connectivity index (χ1v) is 10.3. The van der Waals surface area contributed by atoms with E-state index in [2.05, 4.69) is 20.7 Å². The number of nitrogens with zero attached hydrogens (tertiary/aromatic N) is 3. The van der Waals surface area contributed by atoms with Gasteiger partial charge in [0.2, 0.25) is 17.8 Å². The normalized spacial score (nSPS) is 28.1. The van der Waals surface area contributed by atoms with Crippen molar-refractivity contribution in [2.75, 3.05) is 5.32 Å². The molecule has 2 aromatic rings. The molecular formula is C20H23F2N5O2. The summed E-state index contributed by atoms with van der Waals surface area (Å²) in [6.45, 7) is 0. The summed E-state index contributed by atoms with van der Waals surface area (Å²) < 4.78 is 27.9. The van der Waals surface area contributed by atoms with Crippen LogP contribution in [-0.4, -0.2) is 38.4 Å². The molecule has 2 amide bonds. The molecule has 2 heterocycles. The average molecular weight is 403 g/mol. The number of amides is 2. The lowest BCUT2D eigenvalue weighted by atomic mass is 9.83. The van der Waals surface area contributed by atoms with E-state index in [0.717, 1.165) is 44.2 Å². The van der Waals surface area contributed by atoms with E-state index in [4.69, 9.17) is 0 Å². The van der Waals surface area contributed by atoms with Gasteiger partial charge < -0.3 is 5.32 Å². The maximum Gasteiger partial charge on any atom is 0.260 e. The Morgan fingerprint density at radius 3 is 2.45 bits per heavy atom. The second-order valence-electron chi connectivity index (χ2n) is 8.49. The molecule has 3 aliphatic rings. The molecule has 0 radical (unpaired) electrons. The summed E-state index contributed by atoms with van der Waals surface area (Å²) in [4.78, 5) is 28.3. The van der Waals surface area contributed by atoms with Gasteiger partial charge in [-0.1, -0.05) is 6.07 Å². The number of carbonyl (C=O) groups is 2. The van der Waals surface area contributed by atoms with E-state index < -0.39 is 17.7 Å². The number of hydrogen-bond acceptors (Lipinski definition) is 4. The smallest absolute Gasteiger partial charge is 0.260 e. The molecule has 0 aliphatic heterocycles. The van der Waals surface area contributed by atoms with Gasteiger partial charge in [0.05, 0.1) is 0 Å². The van der Waals surface area contributed by atoms with E-state index in [-0.39, 0.29) is 30.2 Å². The SMILES string of the molecule is O=C(Nc1nc2cccc(C3CCC(NC(=O)[C@@H]4CC4(F)F)CC3)n2n1)C1CC1. The number of alkyl halides is 2. The highest BCUT2D eigenvalue weighted by Gasteiger charge is 2.61. The lowest BCUT2D eigenvalue weighted by Gasteiger charge is -2.29. The van der Waals surface area contributed by atoms with Crippen LogP contribution >= 0.6 is 0 Å². The molecular weight excluding hydrogens is 380 g/mol. The number of pyridine rings is 1. The predicted molar refractivity (Wildman–Crippen MR) is 101 cm³/mol.